The lowest BCUT2D eigenvalue weighted by Gasteiger charge is -2.23. The molecule has 1 unspecified atom stereocenters. The number of carbonyl (C=O) groups excluding carboxylic acids is 1. The zero-order chi connectivity index (χ0) is 16.8. The summed E-state index contributed by atoms with van der Waals surface area (Å²) in [5.41, 5.74) is 3.38. The van der Waals surface area contributed by atoms with Gasteiger partial charge in [0, 0.05) is 36.5 Å². The van der Waals surface area contributed by atoms with Crippen LogP contribution < -0.4 is 10.6 Å². The summed E-state index contributed by atoms with van der Waals surface area (Å²) in [5, 5.41) is 9.43. The Morgan fingerprint density at radius 2 is 2.25 bits per heavy atom. The maximum Gasteiger partial charge on any atom is 0.221 e. The second-order valence-corrected chi connectivity index (χ2v) is 7.04. The number of hydrogen-bond donors (Lipinski definition) is 2. The minimum atomic E-state index is 0.0765. The molecule has 0 saturated carbocycles. The lowest BCUT2D eigenvalue weighted by Crippen LogP contribution is -2.44. The van der Waals surface area contributed by atoms with E-state index in [1.165, 1.54) is 5.56 Å². The van der Waals surface area contributed by atoms with Gasteiger partial charge < -0.3 is 15.4 Å². The third-order valence-corrected chi connectivity index (χ3v) is 4.81. The molecule has 128 valence electrons. The maximum absolute atomic E-state index is 11.9. The number of benzene rings is 1. The summed E-state index contributed by atoms with van der Waals surface area (Å²) >= 11 is 1.66. The van der Waals surface area contributed by atoms with Gasteiger partial charge in [0.15, 0.2) is 0 Å². The first-order chi connectivity index (χ1) is 11.7. The summed E-state index contributed by atoms with van der Waals surface area (Å²) in [4.78, 5) is 16.4. The number of aromatic nitrogens is 1. The van der Waals surface area contributed by atoms with Crippen LogP contribution in [0.2, 0.25) is 0 Å². The highest BCUT2D eigenvalue weighted by atomic mass is 32.1. The molecule has 0 spiro atoms. The molecular formula is C18H23N3O2S. The van der Waals surface area contributed by atoms with E-state index in [1.807, 2.05) is 6.92 Å². The monoisotopic (exact) mass is 345 g/mol. The molecule has 1 atom stereocenters. The second kappa shape index (κ2) is 8.37. The van der Waals surface area contributed by atoms with Crippen molar-refractivity contribution in [1.82, 2.24) is 15.6 Å². The Kier molecular flexibility index (Phi) is 5.96. The molecule has 2 N–H and O–H groups in total. The van der Waals surface area contributed by atoms with Gasteiger partial charge in [-0.2, -0.15) is 0 Å². The molecule has 5 nitrogen and oxygen atoms in total. The molecule has 1 saturated heterocycles. The van der Waals surface area contributed by atoms with Crippen molar-refractivity contribution in [2.24, 2.45) is 0 Å². The molecule has 1 fully saturated rings. The van der Waals surface area contributed by atoms with Crippen molar-refractivity contribution in [3.63, 3.8) is 0 Å². The van der Waals surface area contributed by atoms with Crippen LogP contribution in [-0.2, 0) is 16.0 Å². The van der Waals surface area contributed by atoms with Gasteiger partial charge >= 0.3 is 0 Å². The minimum absolute atomic E-state index is 0.0765. The Bertz CT molecular complexity index is 663. The fraction of sp³-hybridized carbons (Fsp3) is 0.444. The number of hydrogen-bond acceptors (Lipinski definition) is 5. The Labute approximate surface area is 146 Å². The van der Waals surface area contributed by atoms with Crippen molar-refractivity contribution in [2.45, 2.75) is 25.8 Å². The highest BCUT2D eigenvalue weighted by Gasteiger charge is 2.16. The van der Waals surface area contributed by atoms with E-state index in [0.29, 0.717) is 19.6 Å². The Balaban J connectivity index is 1.42. The van der Waals surface area contributed by atoms with E-state index in [0.717, 1.165) is 35.8 Å². The van der Waals surface area contributed by atoms with Crippen LogP contribution in [0.15, 0.2) is 29.6 Å². The van der Waals surface area contributed by atoms with Gasteiger partial charge in [-0.05, 0) is 18.9 Å². The van der Waals surface area contributed by atoms with Crippen molar-refractivity contribution < 1.29 is 9.53 Å². The summed E-state index contributed by atoms with van der Waals surface area (Å²) in [6.45, 7) is 4.84. The Morgan fingerprint density at radius 1 is 1.42 bits per heavy atom. The lowest BCUT2D eigenvalue weighted by atomic mass is 10.1. The molecular weight excluding hydrogens is 322 g/mol. The van der Waals surface area contributed by atoms with E-state index in [2.05, 4.69) is 45.3 Å². The van der Waals surface area contributed by atoms with Crippen LogP contribution in [0.25, 0.3) is 11.3 Å². The van der Waals surface area contributed by atoms with Gasteiger partial charge in [-0.15, -0.1) is 11.3 Å². The zero-order valence-corrected chi connectivity index (χ0v) is 14.7. The van der Waals surface area contributed by atoms with Crippen molar-refractivity contribution in [1.29, 1.82) is 0 Å². The zero-order valence-electron chi connectivity index (χ0n) is 13.9. The maximum atomic E-state index is 11.9. The first-order valence-corrected chi connectivity index (χ1v) is 9.18. The first-order valence-electron chi connectivity index (χ1n) is 8.30. The van der Waals surface area contributed by atoms with E-state index in [9.17, 15) is 4.79 Å². The van der Waals surface area contributed by atoms with Gasteiger partial charge in [0.25, 0.3) is 0 Å². The van der Waals surface area contributed by atoms with Crippen molar-refractivity contribution >= 4 is 17.2 Å². The number of ether oxygens (including phenoxy) is 1. The van der Waals surface area contributed by atoms with E-state index in [4.69, 9.17) is 4.74 Å². The number of morpholine rings is 1. The van der Waals surface area contributed by atoms with E-state index >= 15 is 0 Å². The molecule has 1 amide bonds. The van der Waals surface area contributed by atoms with Gasteiger partial charge in [0.2, 0.25) is 5.91 Å². The summed E-state index contributed by atoms with van der Waals surface area (Å²) in [6, 6.07) is 8.53. The van der Waals surface area contributed by atoms with E-state index < -0.39 is 0 Å². The topological polar surface area (TPSA) is 63.2 Å². The summed E-state index contributed by atoms with van der Waals surface area (Å²) in [6.07, 6.45) is 1.30. The van der Waals surface area contributed by atoms with Gasteiger partial charge in [-0.1, -0.05) is 24.3 Å². The first kappa shape index (κ1) is 17.1. The molecule has 24 heavy (non-hydrogen) atoms. The smallest absolute Gasteiger partial charge is 0.221 e. The molecule has 1 aliphatic heterocycles. The molecule has 1 aromatic heterocycles. The van der Waals surface area contributed by atoms with Gasteiger partial charge in [0.05, 0.1) is 23.9 Å². The molecule has 1 aliphatic rings. The summed E-state index contributed by atoms with van der Waals surface area (Å²) in [5.74, 6) is 0.0765. The molecule has 6 heteroatoms. The standard InChI is InChI=1S/C18H23N3O2S/c1-13-21-17(12-24-13)15-4-2-14(3-5-15)6-7-20-18(22)10-16-11-23-9-8-19-16/h2-5,12,16,19H,6-11H2,1H3,(H,20,22). The number of aryl methyl sites for hydroxylation is 1. The number of nitrogens with one attached hydrogen (secondary N) is 2. The van der Waals surface area contributed by atoms with Gasteiger partial charge in [-0.3, -0.25) is 4.79 Å². The lowest BCUT2D eigenvalue weighted by molar-refractivity contribution is -0.122. The second-order valence-electron chi connectivity index (χ2n) is 5.98. The fourth-order valence-electron chi connectivity index (χ4n) is 2.73. The van der Waals surface area contributed by atoms with Crippen molar-refractivity contribution in [3.05, 3.63) is 40.2 Å². The molecule has 0 aliphatic carbocycles. The van der Waals surface area contributed by atoms with Crippen LogP contribution in [0.3, 0.4) is 0 Å². The third-order valence-electron chi connectivity index (χ3n) is 4.03. The van der Waals surface area contributed by atoms with E-state index in [-0.39, 0.29) is 11.9 Å². The number of nitrogens with zero attached hydrogens (tertiary/aromatic N) is 1. The summed E-state index contributed by atoms with van der Waals surface area (Å²) in [7, 11) is 0. The van der Waals surface area contributed by atoms with Crippen molar-refractivity contribution in [2.75, 3.05) is 26.3 Å². The average Bonchev–Trinajstić information content (AvgIpc) is 3.03. The Morgan fingerprint density at radius 3 is 2.92 bits per heavy atom. The molecule has 2 heterocycles. The van der Waals surface area contributed by atoms with Crippen LogP contribution in [0.5, 0.6) is 0 Å². The fourth-order valence-corrected chi connectivity index (χ4v) is 3.35. The number of thiazole rings is 1. The predicted octanol–water partition coefficient (Wildman–Crippen LogP) is 2.16. The van der Waals surface area contributed by atoms with Crippen molar-refractivity contribution in [3.8, 4) is 11.3 Å². The molecule has 1 aromatic carbocycles. The van der Waals surface area contributed by atoms with Gasteiger partial charge in [-0.25, -0.2) is 4.98 Å². The molecule has 2 aromatic rings. The van der Waals surface area contributed by atoms with Crippen LogP contribution in [0, 0.1) is 6.92 Å². The predicted molar refractivity (Wildman–Crippen MR) is 96.2 cm³/mol. The molecule has 3 rings (SSSR count). The molecule has 0 bridgehead atoms. The average molecular weight is 345 g/mol. The largest absolute Gasteiger partial charge is 0.378 e. The van der Waals surface area contributed by atoms with E-state index in [1.54, 1.807) is 11.3 Å². The molecule has 0 radical (unpaired) electrons. The van der Waals surface area contributed by atoms with Crippen LogP contribution >= 0.6 is 11.3 Å². The Hall–Kier alpha value is -1.76. The van der Waals surface area contributed by atoms with Crippen LogP contribution in [-0.4, -0.2) is 43.2 Å². The minimum Gasteiger partial charge on any atom is -0.378 e. The SMILES string of the molecule is Cc1nc(-c2ccc(CCNC(=O)CC3COCCN3)cc2)cs1. The van der Waals surface area contributed by atoms with Crippen LogP contribution in [0.4, 0.5) is 0 Å². The van der Waals surface area contributed by atoms with Gasteiger partial charge in [0.1, 0.15) is 0 Å². The quantitative estimate of drug-likeness (QED) is 0.842. The highest BCUT2D eigenvalue weighted by Crippen LogP contribution is 2.21. The highest BCUT2D eigenvalue weighted by molar-refractivity contribution is 7.09. The number of amides is 1. The van der Waals surface area contributed by atoms with Crippen LogP contribution in [0.1, 0.15) is 17.0 Å². The third kappa shape index (κ3) is 4.87. The summed E-state index contributed by atoms with van der Waals surface area (Å²) < 4.78 is 5.36. The number of carbonyl (C=O) groups is 1. The normalized spacial score (nSPS) is 17.6. The number of rotatable bonds is 6.